The number of nitrogens with one attached hydrogen (secondary N) is 1. The highest BCUT2D eigenvalue weighted by Gasteiger charge is 2.23. The first kappa shape index (κ1) is 13.1. The molecule has 0 aromatic carbocycles. The van der Waals surface area contributed by atoms with Gasteiger partial charge in [-0.3, -0.25) is 9.48 Å². The molecular weight excluding hydrogens is 274 g/mol. The van der Waals surface area contributed by atoms with Gasteiger partial charge in [-0.15, -0.1) is 11.3 Å². The Bertz CT molecular complexity index is 579. The molecule has 1 fully saturated rings. The van der Waals surface area contributed by atoms with Crippen LogP contribution in [0.25, 0.3) is 0 Å². The SMILES string of the molecule is Cn1ccc(C(=O)NC2CCCN(c3nccs3)C2)n1. The minimum Gasteiger partial charge on any atom is -0.346 e. The monoisotopic (exact) mass is 291 g/mol. The van der Waals surface area contributed by atoms with Crippen molar-refractivity contribution >= 4 is 22.4 Å². The maximum atomic E-state index is 12.1. The molecule has 7 heteroatoms. The normalized spacial score (nSPS) is 19.1. The maximum absolute atomic E-state index is 12.1. The molecule has 1 saturated heterocycles. The summed E-state index contributed by atoms with van der Waals surface area (Å²) in [6.45, 7) is 1.82. The van der Waals surface area contributed by atoms with Gasteiger partial charge in [0.1, 0.15) is 5.69 Å². The van der Waals surface area contributed by atoms with E-state index in [2.05, 4.69) is 20.3 Å². The average Bonchev–Trinajstić information content (AvgIpc) is 3.10. The summed E-state index contributed by atoms with van der Waals surface area (Å²) >= 11 is 1.64. The number of amides is 1. The van der Waals surface area contributed by atoms with Gasteiger partial charge in [-0.1, -0.05) is 0 Å². The van der Waals surface area contributed by atoms with Crippen LogP contribution in [-0.2, 0) is 7.05 Å². The third-order valence-electron chi connectivity index (χ3n) is 3.39. The van der Waals surface area contributed by atoms with Crippen LogP contribution in [0.5, 0.6) is 0 Å². The van der Waals surface area contributed by atoms with E-state index in [0.29, 0.717) is 5.69 Å². The van der Waals surface area contributed by atoms with Crippen LogP contribution < -0.4 is 10.2 Å². The number of carbonyl (C=O) groups is 1. The van der Waals surface area contributed by atoms with Crippen molar-refractivity contribution in [1.29, 1.82) is 0 Å². The predicted molar refractivity (Wildman–Crippen MR) is 78.0 cm³/mol. The van der Waals surface area contributed by atoms with Gasteiger partial charge in [0.25, 0.3) is 5.91 Å². The number of aryl methyl sites for hydroxylation is 1. The van der Waals surface area contributed by atoms with Crippen LogP contribution in [0.3, 0.4) is 0 Å². The molecule has 1 unspecified atom stereocenters. The lowest BCUT2D eigenvalue weighted by Gasteiger charge is -2.32. The van der Waals surface area contributed by atoms with Gasteiger partial charge in [-0.25, -0.2) is 4.98 Å². The van der Waals surface area contributed by atoms with E-state index in [9.17, 15) is 4.79 Å². The summed E-state index contributed by atoms with van der Waals surface area (Å²) in [5.74, 6) is -0.100. The summed E-state index contributed by atoms with van der Waals surface area (Å²) in [7, 11) is 1.81. The highest BCUT2D eigenvalue weighted by molar-refractivity contribution is 7.13. The van der Waals surface area contributed by atoms with Crippen LogP contribution in [0.15, 0.2) is 23.8 Å². The predicted octanol–water partition coefficient (Wildman–Crippen LogP) is 1.28. The van der Waals surface area contributed by atoms with E-state index >= 15 is 0 Å². The third-order valence-corrected chi connectivity index (χ3v) is 4.22. The molecule has 20 heavy (non-hydrogen) atoms. The average molecular weight is 291 g/mol. The summed E-state index contributed by atoms with van der Waals surface area (Å²) in [6, 6.07) is 1.89. The van der Waals surface area contributed by atoms with Crippen molar-refractivity contribution in [2.45, 2.75) is 18.9 Å². The van der Waals surface area contributed by atoms with Crippen molar-refractivity contribution in [2.75, 3.05) is 18.0 Å². The number of piperidine rings is 1. The number of rotatable bonds is 3. The molecule has 1 N–H and O–H groups in total. The lowest BCUT2D eigenvalue weighted by Crippen LogP contribution is -2.47. The summed E-state index contributed by atoms with van der Waals surface area (Å²) in [6.07, 6.45) is 5.65. The lowest BCUT2D eigenvalue weighted by molar-refractivity contribution is 0.0927. The van der Waals surface area contributed by atoms with Gasteiger partial charge < -0.3 is 10.2 Å². The zero-order valence-electron chi connectivity index (χ0n) is 11.3. The molecular formula is C13H17N5OS. The zero-order valence-corrected chi connectivity index (χ0v) is 12.1. The van der Waals surface area contributed by atoms with Gasteiger partial charge in [0.2, 0.25) is 0 Å². The molecule has 1 amide bonds. The second kappa shape index (κ2) is 5.62. The first-order chi connectivity index (χ1) is 9.72. The van der Waals surface area contributed by atoms with Gasteiger partial charge >= 0.3 is 0 Å². The first-order valence-corrected chi connectivity index (χ1v) is 7.55. The summed E-state index contributed by atoms with van der Waals surface area (Å²) in [4.78, 5) is 18.7. The molecule has 0 saturated carbocycles. The van der Waals surface area contributed by atoms with Crippen LogP contribution in [-0.4, -0.2) is 39.8 Å². The molecule has 6 nitrogen and oxygen atoms in total. The van der Waals surface area contributed by atoms with Gasteiger partial charge in [0.15, 0.2) is 5.13 Å². The van der Waals surface area contributed by atoms with E-state index < -0.39 is 0 Å². The van der Waals surface area contributed by atoms with E-state index in [4.69, 9.17) is 0 Å². The molecule has 1 aliphatic heterocycles. The quantitative estimate of drug-likeness (QED) is 0.925. The second-order valence-electron chi connectivity index (χ2n) is 4.95. The highest BCUT2D eigenvalue weighted by atomic mass is 32.1. The maximum Gasteiger partial charge on any atom is 0.272 e. The Kier molecular flexibility index (Phi) is 3.68. The van der Waals surface area contributed by atoms with Gasteiger partial charge in [0, 0.05) is 44.0 Å². The zero-order chi connectivity index (χ0) is 13.9. The van der Waals surface area contributed by atoms with Crippen LogP contribution in [0, 0.1) is 0 Å². The molecule has 3 heterocycles. The van der Waals surface area contributed by atoms with Gasteiger partial charge in [0.05, 0.1) is 0 Å². The molecule has 0 radical (unpaired) electrons. The fraction of sp³-hybridized carbons (Fsp3) is 0.462. The third kappa shape index (κ3) is 2.82. The number of hydrogen-bond donors (Lipinski definition) is 1. The molecule has 2 aromatic rings. The Balaban J connectivity index is 1.61. The van der Waals surface area contributed by atoms with E-state index in [1.54, 1.807) is 28.3 Å². The molecule has 106 valence electrons. The molecule has 2 aromatic heterocycles. The van der Waals surface area contributed by atoms with Crippen LogP contribution >= 0.6 is 11.3 Å². The fourth-order valence-corrected chi connectivity index (χ4v) is 3.12. The Morgan fingerprint density at radius 2 is 2.45 bits per heavy atom. The van der Waals surface area contributed by atoms with Crippen molar-refractivity contribution < 1.29 is 4.79 Å². The first-order valence-electron chi connectivity index (χ1n) is 6.67. The molecule has 0 aliphatic carbocycles. The smallest absolute Gasteiger partial charge is 0.272 e. The van der Waals surface area contributed by atoms with Crippen LogP contribution in [0.4, 0.5) is 5.13 Å². The Hall–Kier alpha value is -1.89. The molecule has 0 bridgehead atoms. The Labute approximate surface area is 121 Å². The fourth-order valence-electron chi connectivity index (χ4n) is 2.44. The Morgan fingerprint density at radius 1 is 1.55 bits per heavy atom. The molecule has 1 aliphatic rings. The minimum atomic E-state index is -0.100. The summed E-state index contributed by atoms with van der Waals surface area (Å²) in [5.41, 5.74) is 0.471. The highest BCUT2D eigenvalue weighted by Crippen LogP contribution is 2.22. The largest absolute Gasteiger partial charge is 0.346 e. The second-order valence-corrected chi connectivity index (χ2v) is 5.82. The van der Waals surface area contributed by atoms with Gasteiger partial charge in [-0.2, -0.15) is 5.10 Å². The summed E-state index contributed by atoms with van der Waals surface area (Å²) < 4.78 is 1.64. The van der Waals surface area contributed by atoms with Crippen molar-refractivity contribution in [3.8, 4) is 0 Å². The molecule has 0 spiro atoms. The number of thiazole rings is 1. The van der Waals surface area contributed by atoms with Crippen molar-refractivity contribution in [3.63, 3.8) is 0 Å². The Morgan fingerprint density at radius 3 is 3.15 bits per heavy atom. The minimum absolute atomic E-state index is 0.100. The molecule has 3 rings (SSSR count). The topological polar surface area (TPSA) is 63.1 Å². The summed E-state index contributed by atoms with van der Waals surface area (Å²) in [5, 5.41) is 10.2. The number of anilines is 1. The molecule has 1 atom stereocenters. The van der Waals surface area contributed by atoms with Crippen molar-refractivity contribution in [1.82, 2.24) is 20.1 Å². The van der Waals surface area contributed by atoms with E-state index in [1.807, 2.05) is 18.6 Å². The lowest BCUT2D eigenvalue weighted by atomic mass is 10.1. The van der Waals surface area contributed by atoms with E-state index in [0.717, 1.165) is 31.1 Å². The number of hydrogen-bond acceptors (Lipinski definition) is 5. The number of carbonyl (C=O) groups excluding carboxylic acids is 1. The van der Waals surface area contributed by atoms with Gasteiger partial charge in [-0.05, 0) is 18.9 Å². The van der Waals surface area contributed by atoms with Crippen molar-refractivity contribution in [2.24, 2.45) is 7.05 Å². The number of aromatic nitrogens is 3. The number of nitrogens with zero attached hydrogens (tertiary/aromatic N) is 4. The van der Waals surface area contributed by atoms with E-state index in [1.165, 1.54) is 0 Å². The van der Waals surface area contributed by atoms with Crippen LogP contribution in [0.2, 0.25) is 0 Å². The van der Waals surface area contributed by atoms with Crippen LogP contribution in [0.1, 0.15) is 23.3 Å². The van der Waals surface area contributed by atoms with E-state index in [-0.39, 0.29) is 11.9 Å². The van der Waals surface area contributed by atoms with Crippen molar-refractivity contribution in [3.05, 3.63) is 29.5 Å². The standard InChI is InChI=1S/C13H17N5OS/c1-17-7-4-11(16-17)12(19)15-10-3-2-6-18(9-10)13-14-5-8-20-13/h4-5,7-8,10H,2-3,6,9H2,1H3,(H,15,19).